The van der Waals surface area contributed by atoms with Crippen molar-refractivity contribution in [2.75, 3.05) is 0 Å². The van der Waals surface area contributed by atoms with Gasteiger partial charge in [0.1, 0.15) is 5.82 Å². The van der Waals surface area contributed by atoms with Crippen molar-refractivity contribution in [3.05, 3.63) is 63.5 Å². The summed E-state index contributed by atoms with van der Waals surface area (Å²) in [7, 11) is 3.55. The van der Waals surface area contributed by atoms with Gasteiger partial charge in [-0.1, -0.05) is 0 Å². The van der Waals surface area contributed by atoms with Crippen molar-refractivity contribution in [1.82, 2.24) is 19.7 Å². The van der Waals surface area contributed by atoms with Gasteiger partial charge in [-0.2, -0.15) is 5.10 Å². The first-order valence-corrected chi connectivity index (χ1v) is 7.43. The van der Waals surface area contributed by atoms with Crippen LogP contribution in [0.1, 0.15) is 16.8 Å². The molecule has 0 radical (unpaired) electrons. The molecule has 0 aliphatic carbocycles. The van der Waals surface area contributed by atoms with Crippen molar-refractivity contribution >= 4 is 10.9 Å². The molecule has 2 aromatic heterocycles. The lowest BCUT2D eigenvalue weighted by atomic mass is 10.1. The van der Waals surface area contributed by atoms with Gasteiger partial charge < -0.3 is 9.88 Å². The Morgan fingerprint density at radius 2 is 1.91 bits per heavy atom. The maximum atomic E-state index is 13.3. The average molecular weight is 314 g/mol. The maximum Gasteiger partial charge on any atom is 0.255 e. The van der Waals surface area contributed by atoms with Gasteiger partial charge in [0, 0.05) is 44.5 Å². The highest BCUT2D eigenvalue weighted by Gasteiger charge is 2.08. The molecule has 3 aromatic rings. The Hall–Kier alpha value is -2.47. The monoisotopic (exact) mass is 314 g/mol. The van der Waals surface area contributed by atoms with Gasteiger partial charge in [0.15, 0.2) is 0 Å². The van der Waals surface area contributed by atoms with Crippen LogP contribution in [0.5, 0.6) is 0 Å². The number of rotatable bonds is 4. The lowest BCUT2D eigenvalue weighted by Crippen LogP contribution is -2.25. The van der Waals surface area contributed by atoms with Gasteiger partial charge in [-0.3, -0.25) is 9.48 Å². The van der Waals surface area contributed by atoms with E-state index in [4.69, 9.17) is 0 Å². The molecule has 3 rings (SSSR count). The third-order valence-electron chi connectivity index (χ3n) is 4.01. The summed E-state index contributed by atoms with van der Waals surface area (Å²) in [5.74, 6) is -0.342. The van der Waals surface area contributed by atoms with Gasteiger partial charge in [0.25, 0.3) is 5.56 Å². The molecule has 0 unspecified atom stereocenters. The summed E-state index contributed by atoms with van der Waals surface area (Å²) >= 11 is 0. The van der Waals surface area contributed by atoms with E-state index in [1.54, 1.807) is 17.8 Å². The minimum absolute atomic E-state index is 0.112. The number of nitrogens with one attached hydrogen (secondary N) is 1. The van der Waals surface area contributed by atoms with Crippen LogP contribution in [-0.4, -0.2) is 14.3 Å². The van der Waals surface area contributed by atoms with Crippen LogP contribution in [0.2, 0.25) is 0 Å². The van der Waals surface area contributed by atoms with Gasteiger partial charge in [-0.05, 0) is 36.6 Å². The summed E-state index contributed by atoms with van der Waals surface area (Å²) in [6.45, 7) is 3.05. The molecular weight excluding hydrogens is 295 g/mol. The van der Waals surface area contributed by atoms with Gasteiger partial charge >= 0.3 is 0 Å². The fraction of sp³-hybridized carbons (Fsp3) is 0.294. The van der Waals surface area contributed by atoms with E-state index in [0.29, 0.717) is 24.2 Å². The molecule has 0 saturated heterocycles. The van der Waals surface area contributed by atoms with Crippen LogP contribution in [-0.2, 0) is 27.2 Å². The van der Waals surface area contributed by atoms with Crippen LogP contribution in [0.4, 0.5) is 4.39 Å². The highest BCUT2D eigenvalue weighted by atomic mass is 19.1. The van der Waals surface area contributed by atoms with Crippen LogP contribution in [0.25, 0.3) is 10.9 Å². The van der Waals surface area contributed by atoms with Gasteiger partial charge in [-0.15, -0.1) is 0 Å². The molecule has 0 atom stereocenters. The molecule has 1 N–H and O–H groups in total. The molecule has 0 amide bonds. The van der Waals surface area contributed by atoms with E-state index in [1.807, 2.05) is 26.2 Å². The molecule has 5 nitrogen and oxygen atoms in total. The molecule has 0 bridgehead atoms. The normalized spacial score (nSPS) is 11.3. The first-order valence-electron chi connectivity index (χ1n) is 7.43. The molecule has 6 heteroatoms. The summed E-state index contributed by atoms with van der Waals surface area (Å²) in [5.41, 5.74) is 3.22. The second-order valence-electron chi connectivity index (χ2n) is 5.75. The maximum absolute atomic E-state index is 13.3. The topological polar surface area (TPSA) is 51.9 Å². The zero-order valence-electron chi connectivity index (χ0n) is 13.4. The van der Waals surface area contributed by atoms with Crippen LogP contribution in [0.15, 0.2) is 35.3 Å². The molecule has 2 heterocycles. The molecule has 0 aliphatic rings. The predicted octanol–water partition coefficient (Wildman–Crippen LogP) is 2.01. The minimum Gasteiger partial charge on any atom is -0.311 e. The zero-order chi connectivity index (χ0) is 16.6. The largest absolute Gasteiger partial charge is 0.311 e. The highest BCUT2D eigenvalue weighted by molar-refractivity contribution is 5.79. The Kier molecular flexibility index (Phi) is 4.00. The first-order chi connectivity index (χ1) is 11.0. The molecule has 1 aromatic carbocycles. The van der Waals surface area contributed by atoms with E-state index >= 15 is 0 Å². The van der Waals surface area contributed by atoms with E-state index in [-0.39, 0.29) is 11.4 Å². The summed E-state index contributed by atoms with van der Waals surface area (Å²) in [4.78, 5) is 12.4. The quantitative estimate of drug-likeness (QED) is 0.801. The summed E-state index contributed by atoms with van der Waals surface area (Å²) < 4.78 is 16.6. The number of pyridine rings is 1. The Morgan fingerprint density at radius 3 is 2.61 bits per heavy atom. The number of hydrogen-bond donors (Lipinski definition) is 1. The van der Waals surface area contributed by atoms with Crippen molar-refractivity contribution in [2.45, 2.75) is 20.0 Å². The SMILES string of the molecule is Cc1nn(C)cc1CNCc1cc2ccc(F)cc2n(C)c1=O. The molecule has 0 aliphatic heterocycles. The molecule has 23 heavy (non-hydrogen) atoms. The molecule has 120 valence electrons. The Bertz CT molecular complexity index is 926. The van der Waals surface area contributed by atoms with Crippen molar-refractivity contribution < 1.29 is 4.39 Å². The van der Waals surface area contributed by atoms with Crippen LogP contribution >= 0.6 is 0 Å². The van der Waals surface area contributed by atoms with E-state index in [0.717, 1.165) is 16.6 Å². The van der Waals surface area contributed by atoms with Crippen molar-refractivity contribution in [3.8, 4) is 0 Å². The molecule has 0 spiro atoms. The van der Waals surface area contributed by atoms with Gasteiger partial charge in [0.2, 0.25) is 0 Å². The second-order valence-corrected chi connectivity index (χ2v) is 5.75. The zero-order valence-corrected chi connectivity index (χ0v) is 13.4. The lowest BCUT2D eigenvalue weighted by molar-refractivity contribution is 0.628. The van der Waals surface area contributed by atoms with E-state index in [1.165, 1.54) is 16.7 Å². The first kappa shape index (κ1) is 15.4. The Balaban J connectivity index is 1.83. The van der Waals surface area contributed by atoms with Gasteiger partial charge in [-0.25, -0.2) is 4.39 Å². The van der Waals surface area contributed by atoms with Crippen molar-refractivity contribution in [1.29, 1.82) is 0 Å². The Morgan fingerprint density at radius 1 is 1.17 bits per heavy atom. The highest BCUT2D eigenvalue weighted by Crippen LogP contribution is 2.14. The molecule has 0 fully saturated rings. The fourth-order valence-electron chi connectivity index (χ4n) is 2.78. The van der Waals surface area contributed by atoms with Crippen molar-refractivity contribution in [3.63, 3.8) is 0 Å². The number of nitrogens with zero attached hydrogens (tertiary/aromatic N) is 3. The fourth-order valence-corrected chi connectivity index (χ4v) is 2.78. The smallest absolute Gasteiger partial charge is 0.255 e. The third-order valence-corrected chi connectivity index (χ3v) is 4.01. The lowest BCUT2D eigenvalue weighted by Gasteiger charge is -2.09. The van der Waals surface area contributed by atoms with Gasteiger partial charge in [0.05, 0.1) is 11.2 Å². The molecular formula is C17H19FN4O. The van der Waals surface area contributed by atoms with E-state index < -0.39 is 0 Å². The number of benzene rings is 1. The minimum atomic E-state index is -0.342. The van der Waals surface area contributed by atoms with Crippen LogP contribution in [0.3, 0.4) is 0 Å². The standard InChI is InChI=1S/C17H19FN4O/c1-11-14(10-21(2)20-11)9-19-8-13-6-12-4-5-15(18)7-16(12)22(3)17(13)23/h4-7,10,19H,8-9H2,1-3H3. The predicted molar refractivity (Wildman–Crippen MR) is 87.6 cm³/mol. The second kappa shape index (κ2) is 5.96. The molecule has 0 saturated carbocycles. The van der Waals surface area contributed by atoms with Crippen LogP contribution in [0, 0.1) is 12.7 Å². The summed E-state index contributed by atoms with van der Waals surface area (Å²) in [5, 5.41) is 8.42. The third kappa shape index (κ3) is 3.03. The number of aromatic nitrogens is 3. The van der Waals surface area contributed by atoms with Crippen LogP contribution < -0.4 is 10.9 Å². The van der Waals surface area contributed by atoms with E-state index in [9.17, 15) is 9.18 Å². The summed E-state index contributed by atoms with van der Waals surface area (Å²) in [6, 6.07) is 6.30. The number of halogens is 1. The number of hydrogen-bond acceptors (Lipinski definition) is 3. The van der Waals surface area contributed by atoms with Crippen molar-refractivity contribution in [2.24, 2.45) is 14.1 Å². The van der Waals surface area contributed by atoms with E-state index in [2.05, 4.69) is 10.4 Å². The number of fused-ring (bicyclic) bond motifs is 1. The number of aryl methyl sites for hydroxylation is 3. The average Bonchev–Trinajstić information content (AvgIpc) is 2.83. The summed E-state index contributed by atoms with van der Waals surface area (Å²) in [6.07, 6.45) is 1.96. The Labute approximate surface area is 133 Å².